The van der Waals surface area contributed by atoms with Gasteiger partial charge in [0.2, 0.25) is 0 Å². The lowest BCUT2D eigenvalue weighted by molar-refractivity contribution is 0.0313. The second kappa shape index (κ2) is 4.66. The molecule has 0 rings (SSSR count). The van der Waals surface area contributed by atoms with Crippen LogP contribution in [0.3, 0.4) is 0 Å². The van der Waals surface area contributed by atoms with E-state index < -0.39 is 21.0 Å². The summed E-state index contributed by atoms with van der Waals surface area (Å²) < 4.78 is 41.8. The topological polar surface area (TPSA) is 35.5 Å². The number of hydrogen-bond donors (Lipinski definition) is 0. The summed E-state index contributed by atoms with van der Waals surface area (Å²) in [7, 11) is -2.66. The molecule has 2 atom stereocenters. The maximum absolute atomic E-state index is 11.8. The number of halogens is 2. The van der Waals surface area contributed by atoms with Gasteiger partial charge in [0, 0.05) is 4.57 Å². The Kier molecular flexibility index (Phi) is 4.60. The number of rotatable bonds is 4. The van der Waals surface area contributed by atoms with Crippen molar-refractivity contribution in [1.82, 2.24) is 0 Å². The van der Waals surface area contributed by atoms with Crippen molar-refractivity contribution in [3.63, 3.8) is 0 Å². The quantitative estimate of drug-likeness (QED) is 0.612. The van der Waals surface area contributed by atoms with Gasteiger partial charge >= 0.3 is 8.25 Å². The van der Waals surface area contributed by atoms with E-state index in [2.05, 4.69) is 9.05 Å². The molecule has 6 heteroatoms. The first kappa shape index (κ1) is 9.88. The summed E-state index contributed by atoms with van der Waals surface area (Å²) in [4.78, 5) is 0. The maximum Gasteiger partial charge on any atom is 0.703 e. The molecule has 0 amide bonds. The fourth-order valence-electron chi connectivity index (χ4n) is 0.262. The third-order valence-electron chi connectivity index (χ3n) is 0.463. The van der Waals surface area contributed by atoms with Crippen LogP contribution in [0.15, 0.2) is 0 Å². The first-order chi connectivity index (χ1) is 4.52. The molecule has 0 heterocycles. The van der Waals surface area contributed by atoms with Gasteiger partial charge in [-0.15, -0.1) is 0 Å². The van der Waals surface area contributed by atoms with Crippen LogP contribution in [0, 0.1) is 0 Å². The van der Waals surface area contributed by atoms with Gasteiger partial charge in [-0.05, 0) is 13.8 Å². The lowest BCUT2D eigenvalue weighted by Crippen LogP contribution is -1.98. The molecule has 0 spiro atoms. The van der Waals surface area contributed by atoms with Crippen LogP contribution in [0.4, 0.5) is 8.78 Å². The van der Waals surface area contributed by atoms with Crippen molar-refractivity contribution in [3.05, 3.63) is 0 Å². The van der Waals surface area contributed by atoms with Crippen molar-refractivity contribution >= 4 is 8.25 Å². The first-order valence-electron chi connectivity index (χ1n) is 2.61. The SMILES string of the molecule is CC(F)O[P+](=O)OC(C)F. The number of alkyl halides is 2. The largest absolute Gasteiger partial charge is 0.703 e. The molecule has 10 heavy (non-hydrogen) atoms. The van der Waals surface area contributed by atoms with Crippen molar-refractivity contribution in [2.45, 2.75) is 26.6 Å². The minimum atomic E-state index is -2.66. The van der Waals surface area contributed by atoms with Crippen molar-refractivity contribution in [1.29, 1.82) is 0 Å². The third kappa shape index (κ3) is 6.01. The van der Waals surface area contributed by atoms with Crippen molar-refractivity contribution < 1.29 is 22.4 Å². The van der Waals surface area contributed by atoms with Gasteiger partial charge < -0.3 is 0 Å². The van der Waals surface area contributed by atoms with Crippen LogP contribution in [-0.4, -0.2) is 12.7 Å². The van der Waals surface area contributed by atoms with Crippen LogP contribution in [0.1, 0.15) is 13.8 Å². The molecule has 0 aromatic carbocycles. The predicted octanol–water partition coefficient (Wildman–Crippen LogP) is 2.31. The second-order valence-electron chi connectivity index (χ2n) is 1.52. The van der Waals surface area contributed by atoms with E-state index in [1.807, 2.05) is 0 Å². The Labute approximate surface area is 58.3 Å². The summed E-state index contributed by atoms with van der Waals surface area (Å²) in [6.45, 7) is 2.05. The highest BCUT2D eigenvalue weighted by Crippen LogP contribution is 2.28. The van der Waals surface area contributed by atoms with Gasteiger partial charge in [0.1, 0.15) is 0 Å². The highest BCUT2D eigenvalue weighted by molar-refractivity contribution is 7.33. The molecule has 0 radical (unpaired) electrons. The molecule has 3 nitrogen and oxygen atoms in total. The molecule has 0 aromatic rings. The molecular weight excluding hydrogens is 165 g/mol. The second-order valence-corrected chi connectivity index (χ2v) is 2.39. The summed E-state index contributed by atoms with van der Waals surface area (Å²) in [5, 5.41) is 0. The van der Waals surface area contributed by atoms with Crippen LogP contribution in [0.2, 0.25) is 0 Å². The fourth-order valence-corrected chi connectivity index (χ4v) is 0.786. The van der Waals surface area contributed by atoms with E-state index in [1.165, 1.54) is 0 Å². The third-order valence-corrected chi connectivity index (χ3v) is 1.39. The minimum Gasteiger partial charge on any atom is -0.211 e. The maximum atomic E-state index is 11.8. The van der Waals surface area contributed by atoms with E-state index in [0.717, 1.165) is 13.8 Å². The van der Waals surface area contributed by atoms with Gasteiger partial charge in [-0.1, -0.05) is 9.05 Å². The smallest absolute Gasteiger partial charge is 0.211 e. The van der Waals surface area contributed by atoms with Gasteiger partial charge in [0.05, 0.1) is 0 Å². The molecule has 0 saturated carbocycles. The molecule has 0 aromatic heterocycles. The Bertz CT molecular complexity index is 105. The first-order valence-corrected chi connectivity index (χ1v) is 3.71. The van der Waals surface area contributed by atoms with E-state index in [0.29, 0.717) is 0 Å². The standard InChI is InChI=1S/C4H8F2O3P/c1-3(5)8-10(7)9-4(2)6/h3-4H,1-2H3/q+1. The highest BCUT2D eigenvalue weighted by atomic mass is 31.1. The Hall–Kier alpha value is -0.120. The van der Waals surface area contributed by atoms with Gasteiger partial charge in [-0.2, -0.15) is 0 Å². The van der Waals surface area contributed by atoms with Crippen LogP contribution in [0.5, 0.6) is 0 Å². The summed E-state index contributed by atoms with van der Waals surface area (Å²) in [6.07, 6.45) is -3.41. The van der Waals surface area contributed by atoms with E-state index in [4.69, 9.17) is 0 Å². The van der Waals surface area contributed by atoms with Crippen molar-refractivity contribution in [2.24, 2.45) is 0 Å². The molecule has 0 N–H and O–H groups in total. The molecule has 0 saturated heterocycles. The van der Waals surface area contributed by atoms with E-state index in [1.54, 1.807) is 0 Å². The average molecular weight is 173 g/mol. The molecular formula is C4H8F2O3P+. The zero-order valence-electron chi connectivity index (χ0n) is 5.58. The van der Waals surface area contributed by atoms with Gasteiger partial charge in [-0.3, -0.25) is 0 Å². The lowest BCUT2D eigenvalue weighted by Gasteiger charge is -1.90. The summed E-state index contributed by atoms with van der Waals surface area (Å²) in [5.41, 5.74) is 0. The monoisotopic (exact) mass is 173 g/mol. The average Bonchev–Trinajstić information content (AvgIpc) is 1.58. The van der Waals surface area contributed by atoms with Gasteiger partial charge in [0.15, 0.2) is 0 Å². The zero-order valence-corrected chi connectivity index (χ0v) is 6.48. The Balaban J connectivity index is 3.44. The number of hydrogen-bond acceptors (Lipinski definition) is 3. The van der Waals surface area contributed by atoms with Crippen LogP contribution in [0.25, 0.3) is 0 Å². The highest BCUT2D eigenvalue weighted by Gasteiger charge is 2.27. The van der Waals surface area contributed by atoms with Crippen molar-refractivity contribution in [3.8, 4) is 0 Å². The Morgan fingerprint density at radius 1 is 1.20 bits per heavy atom. The van der Waals surface area contributed by atoms with E-state index in [9.17, 15) is 13.3 Å². The predicted molar refractivity (Wildman–Crippen MR) is 30.9 cm³/mol. The summed E-state index contributed by atoms with van der Waals surface area (Å²) in [6, 6.07) is 0. The molecule has 0 bridgehead atoms. The van der Waals surface area contributed by atoms with E-state index in [-0.39, 0.29) is 0 Å². The van der Waals surface area contributed by atoms with E-state index >= 15 is 0 Å². The fraction of sp³-hybridized carbons (Fsp3) is 1.00. The van der Waals surface area contributed by atoms with Gasteiger partial charge in [0.25, 0.3) is 12.7 Å². The van der Waals surface area contributed by atoms with Crippen molar-refractivity contribution in [2.75, 3.05) is 0 Å². The van der Waals surface area contributed by atoms with Crippen LogP contribution < -0.4 is 0 Å². The molecule has 0 aliphatic carbocycles. The zero-order chi connectivity index (χ0) is 8.15. The Morgan fingerprint density at radius 2 is 1.50 bits per heavy atom. The molecule has 60 valence electrons. The molecule has 0 aliphatic rings. The normalized spacial score (nSPS) is 18.2. The Morgan fingerprint density at radius 3 is 1.70 bits per heavy atom. The van der Waals surface area contributed by atoms with Crippen LogP contribution >= 0.6 is 8.25 Å². The van der Waals surface area contributed by atoms with Gasteiger partial charge in [-0.25, -0.2) is 8.78 Å². The summed E-state index contributed by atoms with van der Waals surface area (Å²) in [5.74, 6) is 0. The van der Waals surface area contributed by atoms with Crippen LogP contribution in [-0.2, 0) is 13.6 Å². The molecule has 0 fully saturated rings. The lowest BCUT2D eigenvalue weighted by atomic mass is 10.8. The summed E-state index contributed by atoms with van der Waals surface area (Å²) >= 11 is 0. The molecule has 2 unspecified atom stereocenters. The minimum absolute atomic E-state index is 1.03. The molecule has 0 aliphatic heterocycles.